The summed E-state index contributed by atoms with van der Waals surface area (Å²) < 4.78 is 40.4. The number of carbonyl (C=O) groups excluding carboxylic acids is 1. The molecule has 0 heterocycles. The molecule has 2 N–H and O–H groups in total. The maximum absolute atomic E-state index is 12.0. The van der Waals surface area contributed by atoms with E-state index in [1.54, 1.807) is 14.1 Å². The summed E-state index contributed by atoms with van der Waals surface area (Å²) >= 11 is 0. The van der Waals surface area contributed by atoms with E-state index in [4.69, 9.17) is 5.73 Å². The molecule has 0 unspecified atom stereocenters. The summed E-state index contributed by atoms with van der Waals surface area (Å²) in [7, 11) is 3.12. The van der Waals surface area contributed by atoms with E-state index >= 15 is 0 Å². The van der Waals surface area contributed by atoms with Crippen LogP contribution in [0.1, 0.15) is 10.4 Å². The Hall–Kier alpha value is -1.92. The van der Waals surface area contributed by atoms with Gasteiger partial charge in [0.25, 0.3) is 5.91 Å². The normalized spacial score (nSPS) is 11.2. The highest BCUT2D eigenvalue weighted by molar-refractivity contribution is 5.95. The Morgan fingerprint density at radius 2 is 2.00 bits per heavy atom. The van der Waals surface area contributed by atoms with E-state index in [1.165, 1.54) is 23.1 Å². The first-order valence-corrected chi connectivity index (χ1v) is 5.01. The molecule has 0 aromatic heterocycles. The smallest absolute Gasteiger partial charge is 0.422 e. The predicted molar refractivity (Wildman–Crippen MR) is 60.4 cm³/mol. The fourth-order valence-electron chi connectivity index (χ4n) is 1.23. The van der Waals surface area contributed by atoms with Gasteiger partial charge in [0.2, 0.25) is 0 Å². The Balaban J connectivity index is 2.83. The van der Waals surface area contributed by atoms with Gasteiger partial charge in [-0.15, -0.1) is 0 Å². The van der Waals surface area contributed by atoms with Crippen LogP contribution in [0, 0.1) is 0 Å². The van der Waals surface area contributed by atoms with E-state index in [-0.39, 0.29) is 22.9 Å². The van der Waals surface area contributed by atoms with Gasteiger partial charge in [-0.2, -0.15) is 13.2 Å². The Kier molecular flexibility index (Phi) is 4.05. The lowest BCUT2D eigenvalue weighted by molar-refractivity contribution is -0.153. The largest absolute Gasteiger partial charge is 0.482 e. The number of rotatable bonds is 3. The third-order valence-electron chi connectivity index (χ3n) is 2.05. The maximum atomic E-state index is 12.0. The zero-order chi connectivity index (χ0) is 13.9. The Labute approximate surface area is 102 Å². The highest BCUT2D eigenvalue weighted by Gasteiger charge is 2.28. The number of halogens is 3. The SMILES string of the molecule is CN(C)C(=O)c1ccc(OCC(F)(F)F)c(N)c1. The number of anilines is 1. The number of alkyl halides is 3. The van der Waals surface area contributed by atoms with E-state index in [0.717, 1.165) is 0 Å². The number of carbonyl (C=O) groups is 1. The first-order chi connectivity index (χ1) is 8.20. The third-order valence-corrected chi connectivity index (χ3v) is 2.05. The molecule has 1 aromatic carbocycles. The standard InChI is InChI=1S/C11H13F3N2O2/c1-16(2)10(17)7-3-4-9(8(15)5-7)18-6-11(12,13)14/h3-5H,6,15H2,1-2H3. The van der Waals surface area contributed by atoms with Crippen molar-refractivity contribution in [1.82, 2.24) is 4.90 Å². The molecule has 0 fully saturated rings. The number of nitrogens with two attached hydrogens (primary N) is 1. The van der Waals surface area contributed by atoms with Crippen LogP contribution in [0.25, 0.3) is 0 Å². The van der Waals surface area contributed by atoms with Crippen molar-refractivity contribution in [3.05, 3.63) is 23.8 Å². The van der Waals surface area contributed by atoms with E-state index in [9.17, 15) is 18.0 Å². The van der Waals surface area contributed by atoms with Gasteiger partial charge in [0.1, 0.15) is 5.75 Å². The molecular weight excluding hydrogens is 249 g/mol. The molecule has 100 valence electrons. The molecule has 4 nitrogen and oxygen atoms in total. The number of nitrogens with zero attached hydrogens (tertiary/aromatic N) is 1. The molecule has 7 heteroatoms. The average Bonchev–Trinajstić information content (AvgIpc) is 2.25. The molecule has 0 saturated carbocycles. The van der Waals surface area contributed by atoms with Gasteiger partial charge in [0.15, 0.2) is 6.61 Å². The van der Waals surface area contributed by atoms with E-state index < -0.39 is 12.8 Å². The fraction of sp³-hybridized carbons (Fsp3) is 0.364. The molecule has 0 aliphatic rings. The Bertz CT molecular complexity index is 444. The van der Waals surface area contributed by atoms with Crippen molar-refractivity contribution in [2.75, 3.05) is 26.4 Å². The lowest BCUT2D eigenvalue weighted by Crippen LogP contribution is -2.22. The minimum atomic E-state index is -4.43. The summed E-state index contributed by atoms with van der Waals surface area (Å²) in [5.74, 6) is -0.383. The van der Waals surface area contributed by atoms with Crippen LogP contribution in [0.4, 0.5) is 18.9 Å². The molecule has 1 rings (SSSR count). The maximum Gasteiger partial charge on any atom is 0.422 e. The molecule has 0 radical (unpaired) electrons. The number of nitrogen functional groups attached to an aromatic ring is 1. The van der Waals surface area contributed by atoms with Crippen molar-refractivity contribution in [1.29, 1.82) is 0 Å². The number of ether oxygens (including phenoxy) is 1. The minimum absolute atomic E-state index is 0.00745. The third kappa shape index (κ3) is 3.83. The zero-order valence-electron chi connectivity index (χ0n) is 9.91. The predicted octanol–water partition coefficient (Wildman–Crippen LogP) is 1.91. The van der Waals surface area contributed by atoms with Crippen molar-refractivity contribution in [3.63, 3.8) is 0 Å². The summed E-state index contributed by atoms with van der Waals surface area (Å²) in [5.41, 5.74) is 5.81. The Morgan fingerprint density at radius 3 is 2.44 bits per heavy atom. The van der Waals surface area contributed by atoms with E-state index in [1.807, 2.05) is 0 Å². The summed E-state index contributed by atoms with van der Waals surface area (Å²) in [5, 5.41) is 0. The molecule has 1 amide bonds. The number of hydrogen-bond donors (Lipinski definition) is 1. The first-order valence-electron chi connectivity index (χ1n) is 5.01. The van der Waals surface area contributed by atoms with Crippen LogP contribution in [-0.4, -0.2) is 37.7 Å². The van der Waals surface area contributed by atoms with Crippen LogP contribution in [0.2, 0.25) is 0 Å². The summed E-state index contributed by atoms with van der Waals surface area (Å²) in [6.45, 7) is -1.42. The molecule has 0 saturated heterocycles. The van der Waals surface area contributed by atoms with E-state index in [0.29, 0.717) is 0 Å². The molecular formula is C11H13F3N2O2. The van der Waals surface area contributed by atoms with Crippen molar-refractivity contribution in [2.24, 2.45) is 0 Å². The van der Waals surface area contributed by atoms with Crippen molar-refractivity contribution in [2.45, 2.75) is 6.18 Å². The van der Waals surface area contributed by atoms with Crippen LogP contribution >= 0.6 is 0 Å². The second-order valence-corrected chi connectivity index (χ2v) is 3.86. The molecule has 0 atom stereocenters. The van der Waals surface area contributed by atoms with Gasteiger partial charge in [-0.1, -0.05) is 0 Å². The highest BCUT2D eigenvalue weighted by atomic mass is 19.4. The molecule has 0 aliphatic carbocycles. The fourth-order valence-corrected chi connectivity index (χ4v) is 1.23. The molecule has 18 heavy (non-hydrogen) atoms. The molecule has 1 aromatic rings. The van der Waals surface area contributed by atoms with Gasteiger partial charge in [-0.25, -0.2) is 0 Å². The quantitative estimate of drug-likeness (QED) is 0.846. The summed E-state index contributed by atoms with van der Waals surface area (Å²) in [4.78, 5) is 12.9. The number of benzene rings is 1. The Morgan fingerprint density at radius 1 is 1.39 bits per heavy atom. The minimum Gasteiger partial charge on any atom is -0.482 e. The monoisotopic (exact) mass is 262 g/mol. The van der Waals surface area contributed by atoms with Crippen LogP contribution in [0.15, 0.2) is 18.2 Å². The number of amides is 1. The second kappa shape index (κ2) is 5.16. The molecule has 0 spiro atoms. The van der Waals surface area contributed by atoms with Crippen LogP contribution in [-0.2, 0) is 0 Å². The molecule has 0 aliphatic heterocycles. The highest BCUT2D eigenvalue weighted by Crippen LogP contribution is 2.25. The van der Waals surface area contributed by atoms with Crippen molar-refractivity contribution < 1.29 is 22.7 Å². The van der Waals surface area contributed by atoms with E-state index in [2.05, 4.69) is 4.74 Å². The van der Waals surface area contributed by atoms with Crippen molar-refractivity contribution >= 4 is 11.6 Å². The van der Waals surface area contributed by atoms with Crippen LogP contribution in [0.3, 0.4) is 0 Å². The lowest BCUT2D eigenvalue weighted by Gasteiger charge is -2.14. The second-order valence-electron chi connectivity index (χ2n) is 3.86. The van der Waals surface area contributed by atoms with Gasteiger partial charge in [0, 0.05) is 19.7 Å². The van der Waals surface area contributed by atoms with Gasteiger partial charge in [-0.05, 0) is 18.2 Å². The van der Waals surface area contributed by atoms with Gasteiger partial charge in [0.05, 0.1) is 5.69 Å². The average molecular weight is 262 g/mol. The summed E-state index contributed by atoms with van der Waals surface area (Å²) in [6, 6.07) is 3.90. The van der Waals surface area contributed by atoms with Gasteiger partial charge >= 0.3 is 6.18 Å². The zero-order valence-corrected chi connectivity index (χ0v) is 9.91. The van der Waals surface area contributed by atoms with Crippen LogP contribution < -0.4 is 10.5 Å². The number of hydrogen-bond acceptors (Lipinski definition) is 3. The summed E-state index contributed by atoms with van der Waals surface area (Å²) in [6.07, 6.45) is -4.43. The lowest BCUT2D eigenvalue weighted by atomic mass is 10.1. The van der Waals surface area contributed by atoms with Gasteiger partial charge in [-0.3, -0.25) is 4.79 Å². The van der Waals surface area contributed by atoms with Gasteiger partial charge < -0.3 is 15.4 Å². The topological polar surface area (TPSA) is 55.6 Å². The molecule has 0 bridgehead atoms. The van der Waals surface area contributed by atoms with Crippen LogP contribution in [0.5, 0.6) is 5.75 Å². The first kappa shape index (κ1) is 14.1. The van der Waals surface area contributed by atoms with Crippen molar-refractivity contribution in [3.8, 4) is 5.75 Å².